The fraction of sp³-hybridized carbons (Fsp3) is 0.455. The first-order valence-corrected chi connectivity index (χ1v) is 4.77. The van der Waals surface area contributed by atoms with Gasteiger partial charge in [-0.1, -0.05) is 13.2 Å². The summed E-state index contributed by atoms with van der Waals surface area (Å²) >= 11 is 0. The summed E-state index contributed by atoms with van der Waals surface area (Å²) < 4.78 is 13.5. The van der Waals surface area contributed by atoms with Crippen molar-refractivity contribution in [2.45, 2.75) is 13.2 Å². The largest absolute Gasteiger partial charge is 0.460 e. The predicted octanol–water partition coefficient (Wildman–Crippen LogP) is 0.416. The minimum atomic E-state index is -0.501. The highest BCUT2D eigenvalue weighted by atomic mass is 16.7. The molecule has 6 heteroatoms. The van der Waals surface area contributed by atoms with Gasteiger partial charge in [0.25, 0.3) is 0 Å². The van der Waals surface area contributed by atoms with Crippen LogP contribution in [0.3, 0.4) is 0 Å². The van der Waals surface area contributed by atoms with Crippen molar-refractivity contribution in [2.24, 2.45) is 0 Å². The third-order valence-corrected chi connectivity index (χ3v) is 1.28. The molecule has 0 fully saturated rings. The van der Waals surface area contributed by atoms with E-state index in [0.29, 0.717) is 0 Å². The summed E-state index contributed by atoms with van der Waals surface area (Å²) in [5, 5.41) is 8.10. The molecule has 0 aliphatic rings. The second-order valence-electron chi connectivity index (χ2n) is 2.54. The number of ether oxygens (including phenoxy) is 3. The van der Waals surface area contributed by atoms with E-state index in [2.05, 4.69) is 27.4 Å². The van der Waals surface area contributed by atoms with E-state index in [-0.39, 0.29) is 13.2 Å². The molecule has 17 heavy (non-hydrogen) atoms. The minimum absolute atomic E-state index is 0.0465. The maximum atomic E-state index is 10.4. The summed E-state index contributed by atoms with van der Waals surface area (Å²) in [6.07, 6.45) is 1.65. The maximum absolute atomic E-state index is 10.4. The number of hydrogen-bond acceptors (Lipinski definition) is 6. The monoisotopic (exact) mass is 246 g/mol. The molecule has 0 bridgehead atoms. The van der Waals surface area contributed by atoms with Gasteiger partial charge in [-0.3, -0.25) is 0 Å². The summed E-state index contributed by atoms with van der Waals surface area (Å²) in [5.74, 6) is -0.969. The van der Waals surface area contributed by atoms with Crippen molar-refractivity contribution >= 4 is 11.9 Å². The van der Waals surface area contributed by atoms with Crippen molar-refractivity contribution in [3.63, 3.8) is 0 Å². The Balaban J connectivity index is 0. The molecule has 0 spiro atoms. The molecule has 98 valence electrons. The van der Waals surface area contributed by atoms with E-state index in [0.717, 1.165) is 12.2 Å². The molecule has 0 amide bonds. The van der Waals surface area contributed by atoms with Gasteiger partial charge in [-0.15, -0.1) is 0 Å². The Morgan fingerprint density at radius 2 is 1.82 bits per heavy atom. The van der Waals surface area contributed by atoms with E-state index in [4.69, 9.17) is 5.11 Å². The molecule has 1 N–H and O–H groups in total. The van der Waals surface area contributed by atoms with Crippen LogP contribution in [0.1, 0.15) is 6.92 Å². The normalized spacial score (nSPS) is 10.3. The Morgan fingerprint density at radius 1 is 1.29 bits per heavy atom. The molecule has 0 saturated heterocycles. The number of aliphatic hydroxyl groups excluding tert-OH is 1. The van der Waals surface area contributed by atoms with E-state index >= 15 is 0 Å². The van der Waals surface area contributed by atoms with Crippen LogP contribution in [0.2, 0.25) is 0 Å². The quantitative estimate of drug-likeness (QED) is 0.415. The van der Waals surface area contributed by atoms with Gasteiger partial charge in [0.15, 0.2) is 6.29 Å². The van der Waals surface area contributed by atoms with Crippen molar-refractivity contribution in [3.05, 3.63) is 25.3 Å². The highest BCUT2D eigenvalue weighted by Gasteiger charge is 2.01. The van der Waals surface area contributed by atoms with Crippen LogP contribution < -0.4 is 0 Å². The van der Waals surface area contributed by atoms with Gasteiger partial charge in [-0.2, -0.15) is 0 Å². The van der Waals surface area contributed by atoms with Crippen molar-refractivity contribution in [3.8, 4) is 0 Å². The number of rotatable bonds is 6. The fourth-order valence-corrected chi connectivity index (χ4v) is 0.465. The second-order valence-corrected chi connectivity index (χ2v) is 2.54. The van der Waals surface area contributed by atoms with Gasteiger partial charge in [-0.05, 0) is 6.92 Å². The molecule has 0 aromatic heterocycles. The molecule has 0 aliphatic heterocycles. The van der Waals surface area contributed by atoms with Crippen LogP contribution in [0.5, 0.6) is 0 Å². The van der Waals surface area contributed by atoms with Crippen molar-refractivity contribution < 1.29 is 28.9 Å². The van der Waals surface area contributed by atoms with Crippen molar-refractivity contribution in [2.75, 3.05) is 20.3 Å². The van der Waals surface area contributed by atoms with Crippen LogP contribution >= 0.6 is 0 Å². The van der Waals surface area contributed by atoms with E-state index < -0.39 is 18.2 Å². The van der Waals surface area contributed by atoms with Gasteiger partial charge in [0.05, 0.1) is 6.61 Å². The van der Waals surface area contributed by atoms with Gasteiger partial charge >= 0.3 is 11.9 Å². The lowest BCUT2D eigenvalue weighted by Crippen LogP contribution is -2.14. The van der Waals surface area contributed by atoms with E-state index in [1.54, 1.807) is 6.92 Å². The first-order valence-electron chi connectivity index (χ1n) is 4.77. The second kappa shape index (κ2) is 12.4. The Morgan fingerprint density at radius 3 is 2.18 bits per heavy atom. The van der Waals surface area contributed by atoms with Crippen LogP contribution in [-0.4, -0.2) is 43.7 Å². The summed E-state index contributed by atoms with van der Waals surface area (Å²) in [4.78, 5) is 20.5. The van der Waals surface area contributed by atoms with Crippen LogP contribution in [0.15, 0.2) is 25.3 Å². The molecule has 0 rings (SSSR count). The summed E-state index contributed by atoms with van der Waals surface area (Å²) in [5.41, 5.74) is 0. The minimum Gasteiger partial charge on any atom is -0.460 e. The Bertz CT molecular complexity index is 248. The lowest BCUT2D eigenvalue weighted by atomic mass is 10.6. The van der Waals surface area contributed by atoms with Gasteiger partial charge in [0.1, 0.15) is 6.61 Å². The standard InChI is InChI=1S/C6H10O3.C5H8O3/c1-4-6(7)9-5(2)8-3;1-2-5(7)8-4-3-6/h4-5H,1H2,2-3H3;2,6H,1,3-4H2. The zero-order valence-electron chi connectivity index (χ0n) is 10.0. The smallest absolute Gasteiger partial charge is 0.332 e. The highest BCUT2D eigenvalue weighted by molar-refractivity contribution is 5.81. The van der Waals surface area contributed by atoms with E-state index in [9.17, 15) is 9.59 Å². The zero-order chi connectivity index (χ0) is 13.7. The average Bonchev–Trinajstić information content (AvgIpc) is 2.36. The number of carbonyl (C=O) groups is 2. The SMILES string of the molecule is C=CC(=O)OC(C)OC.C=CC(=O)OCCO. The fourth-order valence-electron chi connectivity index (χ4n) is 0.465. The van der Waals surface area contributed by atoms with Crippen LogP contribution in [0.4, 0.5) is 0 Å². The number of methoxy groups -OCH3 is 1. The molecule has 6 nitrogen and oxygen atoms in total. The summed E-state index contributed by atoms with van der Waals surface area (Å²) in [6.45, 7) is 7.91. The molecule has 0 saturated carbocycles. The summed E-state index contributed by atoms with van der Waals surface area (Å²) in [6, 6.07) is 0. The molecular formula is C11H18O6. The predicted molar refractivity (Wildman–Crippen MR) is 61.0 cm³/mol. The molecule has 0 aromatic carbocycles. The Kier molecular flexibility index (Phi) is 12.9. The number of aliphatic hydroxyl groups is 1. The first kappa shape index (κ1) is 17.7. The van der Waals surface area contributed by atoms with Gasteiger partial charge in [0, 0.05) is 19.3 Å². The van der Waals surface area contributed by atoms with Crippen LogP contribution in [0, 0.1) is 0 Å². The van der Waals surface area contributed by atoms with Crippen LogP contribution in [-0.2, 0) is 23.8 Å². The third-order valence-electron chi connectivity index (χ3n) is 1.28. The number of esters is 2. The topological polar surface area (TPSA) is 82.1 Å². The Hall–Kier alpha value is -1.66. The maximum Gasteiger partial charge on any atom is 0.332 e. The molecule has 0 aliphatic carbocycles. The molecule has 0 aromatic rings. The first-order chi connectivity index (χ1) is 8.01. The zero-order valence-corrected chi connectivity index (χ0v) is 10.0. The van der Waals surface area contributed by atoms with Gasteiger partial charge in [0.2, 0.25) is 0 Å². The number of hydrogen-bond donors (Lipinski definition) is 1. The lowest BCUT2D eigenvalue weighted by molar-refractivity contribution is -0.163. The van der Waals surface area contributed by atoms with E-state index in [1.807, 2.05) is 0 Å². The number of carbonyl (C=O) groups excluding carboxylic acids is 2. The summed E-state index contributed by atoms with van der Waals surface area (Å²) in [7, 11) is 1.46. The molecular weight excluding hydrogens is 228 g/mol. The third kappa shape index (κ3) is 14.3. The van der Waals surface area contributed by atoms with Gasteiger partial charge in [-0.25, -0.2) is 9.59 Å². The lowest BCUT2D eigenvalue weighted by Gasteiger charge is -2.07. The molecule has 1 atom stereocenters. The molecule has 1 unspecified atom stereocenters. The average molecular weight is 246 g/mol. The Labute approximate surface area is 100 Å². The van der Waals surface area contributed by atoms with Crippen molar-refractivity contribution in [1.82, 2.24) is 0 Å². The van der Waals surface area contributed by atoms with Crippen molar-refractivity contribution in [1.29, 1.82) is 0 Å². The van der Waals surface area contributed by atoms with E-state index in [1.165, 1.54) is 7.11 Å². The van der Waals surface area contributed by atoms with Crippen LogP contribution in [0.25, 0.3) is 0 Å². The molecule has 0 heterocycles. The van der Waals surface area contributed by atoms with Gasteiger partial charge < -0.3 is 19.3 Å². The highest BCUT2D eigenvalue weighted by Crippen LogP contribution is 1.90. The molecule has 0 radical (unpaired) electrons.